The zero-order valence-electron chi connectivity index (χ0n) is 11.8. The third-order valence-corrected chi connectivity index (χ3v) is 4.35. The Bertz CT molecular complexity index is 585. The van der Waals surface area contributed by atoms with Gasteiger partial charge in [0, 0.05) is 18.5 Å². The van der Waals surface area contributed by atoms with Crippen LogP contribution in [0.15, 0.2) is 48.5 Å². The van der Waals surface area contributed by atoms with Gasteiger partial charge >= 0.3 is 0 Å². The smallest absolute Gasteiger partial charge is 0.127 e. The molecule has 0 aromatic heterocycles. The van der Waals surface area contributed by atoms with Gasteiger partial charge in [0.1, 0.15) is 5.82 Å². The maximum Gasteiger partial charge on any atom is 0.127 e. The summed E-state index contributed by atoms with van der Waals surface area (Å²) >= 11 is 0. The average molecular weight is 269 g/mol. The molecule has 1 fully saturated rings. The van der Waals surface area contributed by atoms with Crippen molar-refractivity contribution < 1.29 is 4.39 Å². The van der Waals surface area contributed by atoms with E-state index in [1.54, 1.807) is 12.1 Å². The fourth-order valence-electron chi connectivity index (χ4n) is 3.01. The first-order valence-electron chi connectivity index (χ1n) is 7.27. The first kappa shape index (κ1) is 13.3. The largest absolute Gasteiger partial charge is 0.315 e. The number of nitrogens with one attached hydrogen (secondary N) is 1. The topological polar surface area (TPSA) is 12.0 Å². The van der Waals surface area contributed by atoms with Crippen LogP contribution in [0.2, 0.25) is 0 Å². The predicted octanol–water partition coefficient (Wildman–Crippen LogP) is 3.47. The summed E-state index contributed by atoms with van der Waals surface area (Å²) in [5.74, 6) is -0.0841. The van der Waals surface area contributed by atoms with Crippen molar-refractivity contribution in [1.29, 1.82) is 0 Å². The summed E-state index contributed by atoms with van der Waals surface area (Å²) in [4.78, 5) is 0. The standard InChI is InChI=1S/C18H20FN/c1-2-14-7-9-15(10-8-14)11-18(12-20-13-18)16-5-3-4-6-17(16)19/h3-10,20H,2,11-13H2,1H3. The van der Waals surface area contributed by atoms with Crippen molar-refractivity contribution in [2.45, 2.75) is 25.2 Å². The molecule has 1 N–H and O–H groups in total. The lowest BCUT2D eigenvalue weighted by atomic mass is 9.70. The monoisotopic (exact) mass is 269 g/mol. The van der Waals surface area contributed by atoms with Crippen molar-refractivity contribution in [3.05, 3.63) is 71.0 Å². The van der Waals surface area contributed by atoms with E-state index in [2.05, 4.69) is 36.5 Å². The van der Waals surface area contributed by atoms with Crippen LogP contribution in [0, 0.1) is 5.82 Å². The third-order valence-electron chi connectivity index (χ3n) is 4.35. The molecule has 104 valence electrons. The molecule has 1 heterocycles. The maximum atomic E-state index is 14.1. The van der Waals surface area contributed by atoms with Gasteiger partial charge in [-0.25, -0.2) is 4.39 Å². The highest BCUT2D eigenvalue weighted by atomic mass is 19.1. The highest BCUT2D eigenvalue weighted by molar-refractivity contribution is 5.35. The second-order valence-electron chi connectivity index (χ2n) is 5.71. The van der Waals surface area contributed by atoms with E-state index >= 15 is 0 Å². The van der Waals surface area contributed by atoms with Crippen LogP contribution >= 0.6 is 0 Å². The van der Waals surface area contributed by atoms with Crippen LogP contribution < -0.4 is 5.32 Å². The van der Waals surface area contributed by atoms with Gasteiger partial charge in [-0.1, -0.05) is 49.4 Å². The van der Waals surface area contributed by atoms with Crippen molar-refractivity contribution >= 4 is 0 Å². The highest BCUT2D eigenvalue weighted by Crippen LogP contribution is 2.34. The van der Waals surface area contributed by atoms with Gasteiger partial charge in [-0.2, -0.15) is 0 Å². The Morgan fingerprint density at radius 1 is 1.00 bits per heavy atom. The SMILES string of the molecule is CCc1ccc(CC2(c3ccccc3F)CNC2)cc1. The summed E-state index contributed by atoms with van der Waals surface area (Å²) in [5.41, 5.74) is 3.39. The van der Waals surface area contributed by atoms with Gasteiger partial charge < -0.3 is 5.32 Å². The molecular formula is C18H20FN. The Labute approximate surface area is 119 Å². The van der Waals surface area contributed by atoms with Crippen LogP contribution in [0.5, 0.6) is 0 Å². The maximum absolute atomic E-state index is 14.1. The predicted molar refractivity (Wildman–Crippen MR) is 80.5 cm³/mol. The number of benzene rings is 2. The van der Waals surface area contributed by atoms with Crippen LogP contribution in [-0.4, -0.2) is 13.1 Å². The van der Waals surface area contributed by atoms with E-state index < -0.39 is 0 Å². The Morgan fingerprint density at radius 3 is 2.20 bits per heavy atom. The quantitative estimate of drug-likeness (QED) is 0.896. The van der Waals surface area contributed by atoms with Gasteiger partial charge in [-0.05, 0) is 35.6 Å². The molecule has 2 aromatic carbocycles. The van der Waals surface area contributed by atoms with Gasteiger partial charge in [0.25, 0.3) is 0 Å². The molecule has 1 aliphatic heterocycles. The van der Waals surface area contributed by atoms with Gasteiger partial charge in [-0.15, -0.1) is 0 Å². The van der Waals surface area contributed by atoms with Crippen molar-refractivity contribution in [3.63, 3.8) is 0 Å². The van der Waals surface area contributed by atoms with E-state index in [1.807, 2.05) is 12.1 Å². The molecule has 0 spiro atoms. The molecule has 3 rings (SSSR count). The lowest BCUT2D eigenvalue weighted by Crippen LogP contribution is -2.58. The molecule has 0 unspecified atom stereocenters. The molecule has 0 aliphatic carbocycles. The Kier molecular flexibility index (Phi) is 3.58. The molecule has 1 saturated heterocycles. The molecule has 1 aliphatic rings. The number of halogens is 1. The minimum Gasteiger partial charge on any atom is -0.315 e. The second kappa shape index (κ2) is 5.37. The first-order valence-corrected chi connectivity index (χ1v) is 7.27. The summed E-state index contributed by atoms with van der Waals surface area (Å²) in [6.45, 7) is 3.86. The number of aryl methyl sites for hydroxylation is 1. The Balaban J connectivity index is 1.88. The van der Waals surface area contributed by atoms with Gasteiger partial charge in [0.15, 0.2) is 0 Å². The zero-order valence-corrected chi connectivity index (χ0v) is 11.8. The molecule has 1 nitrogen and oxygen atoms in total. The molecule has 0 radical (unpaired) electrons. The van der Waals surface area contributed by atoms with E-state index in [0.29, 0.717) is 0 Å². The number of hydrogen-bond acceptors (Lipinski definition) is 1. The van der Waals surface area contributed by atoms with E-state index in [0.717, 1.165) is 31.5 Å². The van der Waals surface area contributed by atoms with Crippen LogP contribution in [-0.2, 0) is 18.3 Å². The van der Waals surface area contributed by atoms with Crippen molar-refractivity contribution in [2.24, 2.45) is 0 Å². The zero-order chi connectivity index (χ0) is 14.0. The molecule has 20 heavy (non-hydrogen) atoms. The Hall–Kier alpha value is -1.67. The van der Waals surface area contributed by atoms with E-state index in [9.17, 15) is 4.39 Å². The highest BCUT2D eigenvalue weighted by Gasteiger charge is 2.40. The molecule has 2 aromatic rings. The van der Waals surface area contributed by atoms with Gasteiger partial charge in [0.2, 0.25) is 0 Å². The van der Waals surface area contributed by atoms with Crippen LogP contribution in [0.4, 0.5) is 4.39 Å². The van der Waals surface area contributed by atoms with Crippen LogP contribution in [0.1, 0.15) is 23.6 Å². The molecule has 0 amide bonds. The van der Waals surface area contributed by atoms with Crippen molar-refractivity contribution in [3.8, 4) is 0 Å². The number of rotatable bonds is 4. The molecule has 0 bridgehead atoms. The van der Waals surface area contributed by atoms with Crippen molar-refractivity contribution in [1.82, 2.24) is 5.32 Å². The van der Waals surface area contributed by atoms with E-state index in [4.69, 9.17) is 0 Å². The fraction of sp³-hybridized carbons (Fsp3) is 0.333. The fourth-order valence-corrected chi connectivity index (χ4v) is 3.01. The first-order chi connectivity index (χ1) is 9.73. The third kappa shape index (κ3) is 2.36. The summed E-state index contributed by atoms with van der Waals surface area (Å²) in [5, 5.41) is 3.30. The summed E-state index contributed by atoms with van der Waals surface area (Å²) in [7, 11) is 0. The normalized spacial score (nSPS) is 16.7. The number of hydrogen-bond donors (Lipinski definition) is 1. The second-order valence-corrected chi connectivity index (χ2v) is 5.71. The minimum atomic E-state index is -0.0843. The minimum absolute atomic E-state index is 0.0841. The lowest BCUT2D eigenvalue weighted by molar-refractivity contribution is 0.266. The van der Waals surface area contributed by atoms with Gasteiger partial charge in [-0.3, -0.25) is 0 Å². The van der Waals surface area contributed by atoms with E-state index in [1.165, 1.54) is 11.1 Å². The average Bonchev–Trinajstić information content (AvgIpc) is 2.44. The molecule has 0 saturated carbocycles. The molecular weight excluding hydrogens is 249 g/mol. The van der Waals surface area contributed by atoms with Crippen LogP contribution in [0.25, 0.3) is 0 Å². The van der Waals surface area contributed by atoms with E-state index in [-0.39, 0.29) is 11.2 Å². The van der Waals surface area contributed by atoms with Gasteiger partial charge in [0.05, 0.1) is 0 Å². The Morgan fingerprint density at radius 2 is 1.65 bits per heavy atom. The van der Waals surface area contributed by atoms with Crippen molar-refractivity contribution in [2.75, 3.05) is 13.1 Å². The van der Waals surface area contributed by atoms with Crippen LogP contribution in [0.3, 0.4) is 0 Å². The summed E-state index contributed by atoms with van der Waals surface area (Å²) < 4.78 is 14.1. The molecule has 2 heteroatoms. The summed E-state index contributed by atoms with van der Waals surface area (Å²) in [6.07, 6.45) is 1.95. The summed E-state index contributed by atoms with van der Waals surface area (Å²) in [6, 6.07) is 15.9. The lowest BCUT2D eigenvalue weighted by Gasteiger charge is -2.43. The molecule has 0 atom stereocenters.